The lowest BCUT2D eigenvalue weighted by atomic mass is 9.72. The van der Waals surface area contributed by atoms with Crippen molar-refractivity contribution in [3.8, 4) is 11.1 Å². The van der Waals surface area contributed by atoms with Crippen molar-refractivity contribution in [1.82, 2.24) is 0 Å². The summed E-state index contributed by atoms with van der Waals surface area (Å²) >= 11 is 0. The van der Waals surface area contributed by atoms with Gasteiger partial charge in [0.1, 0.15) is 0 Å². The van der Waals surface area contributed by atoms with Gasteiger partial charge in [-0.3, -0.25) is 0 Å². The number of hydrogen-bond acceptors (Lipinski definition) is 2. The first kappa shape index (κ1) is 33.2. The molecule has 0 N–H and O–H groups in total. The second-order valence-corrected chi connectivity index (χ2v) is 15.7. The molecule has 57 heavy (non-hydrogen) atoms. The highest BCUT2D eigenvalue weighted by Gasteiger charge is 2.41. The molecular weight excluding hydrogens is 689 g/mol. The lowest BCUT2D eigenvalue weighted by molar-refractivity contribution is 0.632. The summed E-state index contributed by atoms with van der Waals surface area (Å²) in [5.74, 6) is 0. The highest BCUT2D eigenvalue weighted by molar-refractivity contribution is 6.12. The monoisotopic (exact) mass is 728 g/mol. The standard InChI is InChI=1S/C55H40N2/c1-55(2)48-27-11-12-28-50(48)57(54-45-25-10-7-19-40(45)33-35-47(54)46-26-13-21-38-17-5-8-23-43(38)46)52-31-15-30-51(53(52)55)56(42-34-32-37-16-3-4-20-41(37)36-42)49-29-14-22-39-18-6-9-24-44(39)49/h3-36H,1-2H3. The Morgan fingerprint density at radius 2 is 0.930 bits per heavy atom. The van der Waals surface area contributed by atoms with E-state index in [0.717, 1.165) is 17.1 Å². The molecule has 0 saturated heterocycles. The highest BCUT2D eigenvalue weighted by atomic mass is 15.2. The van der Waals surface area contributed by atoms with Gasteiger partial charge in [-0.25, -0.2) is 0 Å². The van der Waals surface area contributed by atoms with Gasteiger partial charge in [0.05, 0.1) is 28.4 Å². The number of benzene rings is 10. The van der Waals surface area contributed by atoms with E-state index in [0.29, 0.717) is 0 Å². The Labute approximate surface area is 333 Å². The molecular formula is C55H40N2. The van der Waals surface area contributed by atoms with Crippen molar-refractivity contribution >= 4 is 77.2 Å². The Kier molecular flexibility index (Phi) is 7.55. The van der Waals surface area contributed by atoms with E-state index in [1.165, 1.54) is 82.4 Å². The fourth-order valence-corrected chi connectivity index (χ4v) is 9.54. The SMILES string of the molecule is CC1(C)c2ccccc2N(c2c(-c3cccc4ccccc34)ccc3ccccc23)c2cccc(N(c3ccc4ccccc4c3)c3cccc4ccccc34)c21. The van der Waals surface area contributed by atoms with Gasteiger partial charge in [-0.05, 0) is 79.8 Å². The van der Waals surface area contributed by atoms with Crippen LogP contribution < -0.4 is 9.80 Å². The normalized spacial score (nSPS) is 13.2. The van der Waals surface area contributed by atoms with Crippen molar-refractivity contribution in [1.29, 1.82) is 0 Å². The van der Waals surface area contributed by atoms with Gasteiger partial charge in [0.15, 0.2) is 0 Å². The second kappa shape index (κ2) is 13.0. The van der Waals surface area contributed by atoms with Crippen molar-refractivity contribution in [2.75, 3.05) is 9.80 Å². The maximum atomic E-state index is 2.57. The summed E-state index contributed by atoms with van der Waals surface area (Å²) in [5.41, 5.74) is 11.7. The van der Waals surface area contributed by atoms with Crippen molar-refractivity contribution in [2.45, 2.75) is 19.3 Å². The largest absolute Gasteiger partial charge is 0.309 e. The second-order valence-electron chi connectivity index (χ2n) is 15.7. The van der Waals surface area contributed by atoms with Crippen molar-refractivity contribution in [3.05, 3.63) is 217 Å². The summed E-state index contributed by atoms with van der Waals surface area (Å²) in [4.78, 5) is 5.08. The third kappa shape index (κ3) is 5.18. The van der Waals surface area contributed by atoms with E-state index in [2.05, 4.69) is 230 Å². The van der Waals surface area contributed by atoms with Gasteiger partial charge in [-0.1, -0.05) is 184 Å². The minimum absolute atomic E-state index is 0.358. The van der Waals surface area contributed by atoms with Crippen LogP contribution in [-0.4, -0.2) is 0 Å². The van der Waals surface area contributed by atoms with Crippen molar-refractivity contribution in [2.24, 2.45) is 0 Å². The summed E-state index contributed by atoms with van der Waals surface area (Å²) in [6.45, 7) is 4.81. The van der Waals surface area contributed by atoms with E-state index in [9.17, 15) is 0 Å². The van der Waals surface area contributed by atoms with Gasteiger partial charge < -0.3 is 9.80 Å². The van der Waals surface area contributed by atoms with E-state index in [1.807, 2.05) is 0 Å². The molecule has 1 heterocycles. The van der Waals surface area contributed by atoms with Gasteiger partial charge in [0.25, 0.3) is 0 Å². The number of rotatable bonds is 5. The minimum atomic E-state index is -0.358. The van der Waals surface area contributed by atoms with Crippen LogP contribution in [0.15, 0.2) is 206 Å². The molecule has 0 amide bonds. The quantitative estimate of drug-likeness (QED) is 0.174. The molecule has 270 valence electrons. The maximum Gasteiger partial charge on any atom is 0.0618 e. The van der Waals surface area contributed by atoms with Crippen LogP contribution in [0.1, 0.15) is 25.0 Å². The molecule has 2 heteroatoms. The van der Waals surface area contributed by atoms with Crippen LogP contribution >= 0.6 is 0 Å². The van der Waals surface area contributed by atoms with Gasteiger partial charge >= 0.3 is 0 Å². The highest BCUT2D eigenvalue weighted by Crippen LogP contribution is 2.58. The molecule has 0 unspecified atom stereocenters. The van der Waals surface area contributed by atoms with Crippen LogP contribution in [0.4, 0.5) is 34.1 Å². The Hall–Kier alpha value is -7.16. The molecule has 1 aliphatic rings. The molecule has 10 aromatic carbocycles. The molecule has 1 aliphatic heterocycles. The molecule has 11 rings (SSSR count). The van der Waals surface area contributed by atoms with Gasteiger partial charge in [-0.2, -0.15) is 0 Å². The van der Waals surface area contributed by atoms with E-state index < -0.39 is 0 Å². The predicted molar refractivity (Wildman–Crippen MR) is 243 cm³/mol. The first-order valence-electron chi connectivity index (χ1n) is 19.9. The molecule has 0 bridgehead atoms. The summed E-state index contributed by atoms with van der Waals surface area (Å²) in [5, 5.41) is 9.78. The molecule has 0 saturated carbocycles. The average Bonchev–Trinajstić information content (AvgIpc) is 3.26. The van der Waals surface area contributed by atoms with Crippen LogP contribution in [-0.2, 0) is 5.41 Å². The van der Waals surface area contributed by atoms with Crippen LogP contribution in [0.3, 0.4) is 0 Å². The summed E-state index contributed by atoms with van der Waals surface area (Å²) < 4.78 is 0. The fourth-order valence-electron chi connectivity index (χ4n) is 9.54. The number of fused-ring (bicyclic) bond motifs is 6. The van der Waals surface area contributed by atoms with Crippen LogP contribution in [0, 0.1) is 0 Å². The topological polar surface area (TPSA) is 6.48 Å². The smallest absolute Gasteiger partial charge is 0.0618 e. The summed E-state index contributed by atoms with van der Waals surface area (Å²) in [6, 6.07) is 75.9. The Balaban J connectivity index is 1.25. The summed E-state index contributed by atoms with van der Waals surface area (Å²) in [7, 11) is 0. The number of hydrogen-bond donors (Lipinski definition) is 0. The number of para-hydroxylation sites is 1. The lowest BCUT2D eigenvalue weighted by Gasteiger charge is -2.45. The average molecular weight is 729 g/mol. The molecule has 0 aliphatic carbocycles. The van der Waals surface area contributed by atoms with Crippen LogP contribution in [0.2, 0.25) is 0 Å². The van der Waals surface area contributed by atoms with Crippen LogP contribution in [0.5, 0.6) is 0 Å². The third-order valence-electron chi connectivity index (χ3n) is 12.1. The van der Waals surface area contributed by atoms with Crippen molar-refractivity contribution < 1.29 is 0 Å². The fraction of sp³-hybridized carbons (Fsp3) is 0.0545. The van der Waals surface area contributed by atoms with E-state index in [1.54, 1.807) is 0 Å². The van der Waals surface area contributed by atoms with E-state index in [4.69, 9.17) is 0 Å². The van der Waals surface area contributed by atoms with Gasteiger partial charge in [0.2, 0.25) is 0 Å². The molecule has 10 aromatic rings. The van der Waals surface area contributed by atoms with E-state index >= 15 is 0 Å². The zero-order valence-electron chi connectivity index (χ0n) is 32.0. The summed E-state index contributed by atoms with van der Waals surface area (Å²) in [6.07, 6.45) is 0. The zero-order valence-corrected chi connectivity index (χ0v) is 32.0. The molecule has 0 fully saturated rings. The molecule has 0 spiro atoms. The van der Waals surface area contributed by atoms with E-state index in [-0.39, 0.29) is 5.41 Å². The zero-order chi connectivity index (χ0) is 38.1. The first-order valence-corrected chi connectivity index (χ1v) is 19.9. The molecule has 2 nitrogen and oxygen atoms in total. The Morgan fingerprint density at radius 3 is 1.74 bits per heavy atom. The third-order valence-corrected chi connectivity index (χ3v) is 12.1. The predicted octanol–water partition coefficient (Wildman–Crippen LogP) is 15.5. The molecule has 0 radical (unpaired) electrons. The molecule has 0 atom stereocenters. The Bertz CT molecular complexity index is 3180. The minimum Gasteiger partial charge on any atom is -0.309 e. The number of anilines is 6. The first-order chi connectivity index (χ1) is 28.1. The number of nitrogens with zero attached hydrogens (tertiary/aromatic N) is 2. The van der Waals surface area contributed by atoms with Gasteiger partial charge in [-0.15, -0.1) is 0 Å². The molecule has 0 aromatic heterocycles. The maximum absolute atomic E-state index is 2.57. The van der Waals surface area contributed by atoms with Crippen LogP contribution in [0.25, 0.3) is 54.2 Å². The lowest BCUT2D eigenvalue weighted by Crippen LogP contribution is -2.32. The van der Waals surface area contributed by atoms with Gasteiger partial charge in [0, 0.05) is 33.0 Å². The Morgan fingerprint density at radius 1 is 0.386 bits per heavy atom. The van der Waals surface area contributed by atoms with Crippen molar-refractivity contribution in [3.63, 3.8) is 0 Å².